The van der Waals surface area contributed by atoms with Crippen LogP contribution in [0.25, 0.3) is 38.9 Å². The van der Waals surface area contributed by atoms with E-state index >= 15 is 4.39 Å². The second-order valence-electron chi connectivity index (χ2n) is 13.1. The van der Waals surface area contributed by atoms with E-state index in [9.17, 15) is 0 Å². The summed E-state index contributed by atoms with van der Waals surface area (Å²) in [5, 5.41) is 2.22. The summed E-state index contributed by atoms with van der Waals surface area (Å²) in [5.41, 5.74) is 9.55. The largest absolute Gasteiger partial charge is 0.309 e. The summed E-state index contributed by atoms with van der Waals surface area (Å²) < 4.78 is 20.1. The average molecular weight is 637 g/mol. The van der Waals surface area contributed by atoms with Gasteiger partial charge in [0.1, 0.15) is 5.82 Å². The van der Waals surface area contributed by atoms with Crippen molar-refractivity contribution < 1.29 is 4.39 Å². The summed E-state index contributed by atoms with van der Waals surface area (Å²) in [7, 11) is 0. The van der Waals surface area contributed by atoms with Crippen molar-refractivity contribution in [2.24, 2.45) is 0 Å². The Morgan fingerprint density at radius 2 is 1.39 bits per heavy atom. The molecule has 49 heavy (non-hydrogen) atoms. The third kappa shape index (κ3) is 4.50. The molecule has 1 atom stereocenters. The third-order valence-corrected chi connectivity index (χ3v) is 9.94. The van der Waals surface area contributed by atoms with Gasteiger partial charge in [-0.2, -0.15) is 0 Å². The first-order chi connectivity index (χ1) is 24.0. The van der Waals surface area contributed by atoms with Crippen LogP contribution >= 0.6 is 0 Å². The smallest absolute Gasteiger partial charge is 0.152 e. The Morgan fingerprint density at radius 1 is 0.653 bits per heavy atom. The minimum absolute atomic E-state index is 0.472. The lowest BCUT2D eigenvalue weighted by molar-refractivity contribution is 0.402. The van der Waals surface area contributed by atoms with E-state index in [2.05, 4.69) is 95.0 Å². The number of nitrogens with zero attached hydrogens (tertiary/aromatic N) is 4. The zero-order chi connectivity index (χ0) is 33.1. The highest BCUT2D eigenvalue weighted by Gasteiger charge is 2.42. The molecule has 0 bridgehead atoms. The lowest BCUT2D eigenvalue weighted by Gasteiger charge is -2.44. The number of alkyl halides is 1. The predicted octanol–water partition coefficient (Wildman–Crippen LogP) is 11.4. The van der Waals surface area contributed by atoms with Crippen molar-refractivity contribution >= 4 is 38.9 Å². The molecule has 1 aliphatic rings. The highest BCUT2D eigenvalue weighted by Crippen LogP contribution is 2.58. The number of halogens is 1. The van der Waals surface area contributed by atoms with Gasteiger partial charge in [-0.15, -0.1) is 0 Å². The number of hydrogen-bond acceptors (Lipinski definition) is 3. The third-order valence-electron chi connectivity index (χ3n) is 9.94. The Morgan fingerprint density at radius 3 is 2.18 bits per heavy atom. The van der Waals surface area contributed by atoms with E-state index in [-0.39, 0.29) is 0 Å². The van der Waals surface area contributed by atoms with Crippen molar-refractivity contribution in [3.05, 3.63) is 180 Å². The summed E-state index contributed by atoms with van der Waals surface area (Å²) in [6, 6.07) is 48.9. The molecule has 4 nitrogen and oxygen atoms in total. The van der Waals surface area contributed by atoms with Crippen LogP contribution in [0.5, 0.6) is 0 Å². The van der Waals surface area contributed by atoms with Crippen molar-refractivity contribution in [2.45, 2.75) is 25.4 Å². The average Bonchev–Trinajstić information content (AvgIpc) is 3.49. The van der Waals surface area contributed by atoms with Gasteiger partial charge in [-0.1, -0.05) is 98.8 Å². The maximum Gasteiger partial charge on any atom is 0.152 e. The number of aromatic nitrogens is 3. The first-order valence-electron chi connectivity index (χ1n) is 16.6. The van der Waals surface area contributed by atoms with Gasteiger partial charge in [0.25, 0.3) is 0 Å². The molecule has 1 unspecified atom stereocenters. The number of hydrogen-bond donors (Lipinski definition) is 0. The fraction of sp³-hybridized carbons (Fsp3) is 0.0909. The van der Waals surface area contributed by atoms with Crippen LogP contribution < -0.4 is 4.90 Å². The molecule has 5 aromatic carbocycles. The van der Waals surface area contributed by atoms with Crippen LogP contribution in [0.15, 0.2) is 158 Å². The molecule has 0 saturated carbocycles. The molecule has 3 aromatic heterocycles. The minimum atomic E-state index is -1.44. The predicted molar refractivity (Wildman–Crippen MR) is 198 cm³/mol. The molecular formula is C44H33FN4. The first kappa shape index (κ1) is 29.1. The van der Waals surface area contributed by atoms with Crippen LogP contribution in [0.2, 0.25) is 0 Å². The van der Waals surface area contributed by atoms with E-state index in [1.807, 2.05) is 85.1 Å². The first-order valence-corrected chi connectivity index (χ1v) is 16.6. The van der Waals surface area contributed by atoms with Crippen molar-refractivity contribution in [2.75, 3.05) is 4.90 Å². The van der Waals surface area contributed by atoms with Gasteiger partial charge in [-0.3, -0.25) is 9.55 Å². The molecule has 8 aromatic rings. The zero-order valence-electron chi connectivity index (χ0n) is 27.3. The Balaban J connectivity index is 1.43. The number of benzene rings is 5. The second-order valence-corrected chi connectivity index (χ2v) is 13.1. The maximum absolute atomic E-state index is 17.9. The number of para-hydroxylation sites is 3. The highest BCUT2D eigenvalue weighted by molar-refractivity contribution is 6.15. The van der Waals surface area contributed by atoms with E-state index in [1.165, 1.54) is 5.56 Å². The van der Waals surface area contributed by atoms with E-state index in [0.717, 1.165) is 61.5 Å². The van der Waals surface area contributed by atoms with Gasteiger partial charge < -0.3 is 4.90 Å². The van der Waals surface area contributed by atoms with E-state index in [1.54, 1.807) is 6.20 Å². The fourth-order valence-electron chi connectivity index (χ4n) is 7.78. The molecule has 0 aliphatic carbocycles. The van der Waals surface area contributed by atoms with Gasteiger partial charge in [0.2, 0.25) is 0 Å². The van der Waals surface area contributed by atoms with Crippen LogP contribution in [-0.4, -0.2) is 14.5 Å². The number of anilines is 3. The topological polar surface area (TPSA) is 34.0 Å². The lowest BCUT2D eigenvalue weighted by Crippen LogP contribution is -2.32. The molecule has 0 fully saturated rings. The van der Waals surface area contributed by atoms with Crippen LogP contribution in [-0.2, 0) is 5.41 Å². The van der Waals surface area contributed by atoms with Gasteiger partial charge in [-0.25, -0.2) is 9.37 Å². The van der Waals surface area contributed by atoms with E-state index in [0.29, 0.717) is 11.1 Å². The SMILES string of the molecule is CC1(C)c2ccccc2N(c2ccccc2)c2c(C(F)c3cccc(-c4ccccn4)c3)cc3c(c21)c1ccccc1n3-c1ccccn1. The molecule has 4 heterocycles. The van der Waals surface area contributed by atoms with Gasteiger partial charge in [0.05, 0.1) is 28.1 Å². The molecule has 236 valence electrons. The highest BCUT2D eigenvalue weighted by atomic mass is 19.1. The second kappa shape index (κ2) is 11.3. The summed E-state index contributed by atoms with van der Waals surface area (Å²) >= 11 is 0. The minimum Gasteiger partial charge on any atom is -0.309 e. The van der Waals surface area contributed by atoms with Crippen molar-refractivity contribution in [1.82, 2.24) is 14.5 Å². The molecule has 9 rings (SSSR count). The van der Waals surface area contributed by atoms with Gasteiger partial charge in [0.15, 0.2) is 6.17 Å². The molecule has 0 spiro atoms. The molecule has 5 heteroatoms. The summed E-state index contributed by atoms with van der Waals surface area (Å²) in [6.07, 6.45) is 2.14. The molecule has 0 saturated heterocycles. The number of rotatable bonds is 5. The van der Waals surface area contributed by atoms with Gasteiger partial charge in [0, 0.05) is 45.4 Å². The molecule has 0 N–H and O–H groups in total. The normalized spacial score (nSPS) is 14.1. The van der Waals surface area contributed by atoms with Crippen molar-refractivity contribution in [3.63, 3.8) is 0 Å². The zero-order valence-corrected chi connectivity index (χ0v) is 27.3. The molecule has 0 amide bonds. The lowest BCUT2D eigenvalue weighted by atomic mass is 9.70. The Labute approximate surface area is 284 Å². The van der Waals surface area contributed by atoms with Crippen LogP contribution in [0.3, 0.4) is 0 Å². The monoisotopic (exact) mass is 636 g/mol. The maximum atomic E-state index is 17.9. The van der Waals surface area contributed by atoms with Crippen LogP contribution in [0.4, 0.5) is 21.5 Å². The van der Waals surface area contributed by atoms with Crippen molar-refractivity contribution in [3.8, 4) is 17.1 Å². The summed E-state index contributed by atoms with van der Waals surface area (Å²) in [4.78, 5) is 11.6. The number of pyridine rings is 2. The Bertz CT molecular complexity index is 2490. The molecule has 0 radical (unpaired) electrons. The Kier molecular flexibility index (Phi) is 6.70. The van der Waals surface area contributed by atoms with Crippen molar-refractivity contribution in [1.29, 1.82) is 0 Å². The quantitative estimate of drug-likeness (QED) is 0.188. The Hall–Kier alpha value is -6.07. The number of fused-ring (bicyclic) bond motifs is 6. The summed E-state index contributed by atoms with van der Waals surface area (Å²) in [6.45, 7) is 4.55. The van der Waals surface area contributed by atoms with Gasteiger partial charge >= 0.3 is 0 Å². The molecular weight excluding hydrogens is 604 g/mol. The van der Waals surface area contributed by atoms with Crippen LogP contribution in [0, 0.1) is 0 Å². The summed E-state index contributed by atoms with van der Waals surface area (Å²) in [5.74, 6) is 0.793. The van der Waals surface area contributed by atoms with E-state index in [4.69, 9.17) is 4.98 Å². The fourth-order valence-corrected chi connectivity index (χ4v) is 7.78. The van der Waals surface area contributed by atoms with Gasteiger partial charge in [-0.05, 0) is 77.4 Å². The molecule has 1 aliphatic heterocycles. The van der Waals surface area contributed by atoms with E-state index < -0.39 is 11.6 Å². The standard InChI is InChI=1S/C44H33FN4/c1-44(2)34-20-7-9-23-37(34)48(31-17-4-3-5-18-31)43-33(42(45)30-16-14-15-29(27-30)35-21-10-12-25-46-35)28-38-40(41(43)44)32-19-6-8-22-36(32)49(38)39-24-11-13-26-47-39/h3-28,42H,1-2H3. The van der Waals surface area contributed by atoms with Crippen LogP contribution in [0.1, 0.15) is 42.3 Å².